The third-order valence-electron chi connectivity index (χ3n) is 4.80. The molecule has 0 heteroatoms. The van der Waals surface area contributed by atoms with E-state index >= 15 is 0 Å². The maximum Gasteiger partial charge on any atom is -0.0149 e. The van der Waals surface area contributed by atoms with Gasteiger partial charge in [-0.1, -0.05) is 48.6 Å². The van der Waals surface area contributed by atoms with Gasteiger partial charge >= 0.3 is 0 Å². The molecule has 23 heavy (non-hydrogen) atoms. The van der Waals surface area contributed by atoms with Crippen molar-refractivity contribution in [2.24, 2.45) is 0 Å². The number of allylic oxidation sites excluding steroid dienone is 2. The minimum absolute atomic E-state index is 1.06. The number of rotatable bonds is 7. The highest BCUT2D eigenvalue weighted by Crippen LogP contribution is 2.35. The summed E-state index contributed by atoms with van der Waals surface area (Å²) in [6.07, 6.45) is 12.0. The Kier molecular flexibility index (Phi) is 5.12. The number of unbranched alkanes of at least 4 members (excludes halogenated alkanes) is 1. The quantitative estimate of drug-likeness (QED) is 0.429. The molecule has 0 aliphatic heterocycles. The molecule has 2 aromatic carbocycles. The first-order valence-corrected chi connectivity index (χ1v) is 8.77. The van der Waals surface area contributed by atoms with Gasteiger partial charge in [-0.15, -0.1) is 13.2 Å². The van der Waals surface area contributed by atoms with Crippen LogP contribution < -0.4 is 0 Å². The Morgan fingerprint density at radius 1 is 0.739 bits per heavy atom. The van der Waals surface area contributed by atoms with Crippen molar-refractivity contribution in [3.63, 3.8) is 0 Å². The molecule has 0 saturated carbocycles. The summed E-state index contributed by atoms with van der Waals surface area (Å²) in [5, 5.41) is 0. The summed E-state index contributed by atoms with van der Waals surface area (Å²) in [5.74, 6) is 0. The van der Waals surface area contributed by atoms with Gasteiger partial charge in [0, 0.05) is 0 Å². The molecular weight excluding hydrogens is 276 g/mol. The molecule has 1 aliphatic carbocycles. The van der Waals surface area contributed by atoms with E-state index in [1.54, 1.807) is 0 Å². The first-order valence-electron chi connectivity index (χ1n) is 8.77. The molecule has 0 atom stereocenters. The zero-order valence-electron chi connectivity index (χ0n) is 14.0. The van der Waals surface area contributed by atoms with Gasteiger partial charge in [-0.2, -0.15) is 0 Å². The van der Waals surface area contributed by atoms with Crippen molar-refractivity contribution in [2.45, 2.75) is 44.9 Å². The first-order chi connectivity index (χ1) is 11.3. The van der Waals surface area contributed by atoms with Crippen LogP contribution in [0, 0.1) is 0 Å². The summed E-state index contributed by atoms with van der Waals surface area (Å²) in [4.78, 5) is 0. The lowest BCUT2D eigenvalue weighted by Gasteiger charge is -2.21. The van der Waals surface area contributed by atoms with Gasteiger partial charge in [-0.05, 0) is 78.3 Å². The van der Waals surface area contributed by atoms with Crippen molar-refractivity contribution in [3.05, 3.63) is 84.0 Å². The average Bonchev–Trinajstić information content (AvgIpc) is 2.59. The average molecular weight is 302 g/mol. The first kappa shape index (κ1) is 15.8. The van der Waals surface area contributed by atoms with Crippen LogP contribution in [0.15, 0.2) is 61.7 Å². The van der Waals surface area contributed by atoms with E-state index in [1.165, 1.54) is 52.6 Å². The molecule has 0 amide bonds. The van der Waals surface area contributed by atoms with Crippen LogP contribution in [0.4, 0.5) is 0 Å². The molecule has 0 nitrogen and oxygen atoms in total. The standard InChI is InChI=1S/C23H26/c1-3-5-7-9-19-11-15-23-21(17-19)13-12-20-16-18(8-6-4-2)10-14-22(20)23/h3-4,10-11,14-17H,1-2,5-9,12-13H2. The molecular formula is C23H26. The van der Waals surface area contributed by atoms with E-state index in [1.807, 2.05) is 12.2 Å². The van der Waals surface area contributed by atoms with E-state index in [0.717, 1.165) is 25.7 Å². The number of aryl methyl sites for hydroxylation is 4. The lowest BCUT2D eigenvalue weighted by atomic mass is 9.83. The molecule has 0 heterocycles. The molecule has 0 N–H and O–H groups in total. The molecule has 0 unspecified atom stereocenters. The molecule has 0 aromatic heterocycles. The van der Waals surface area contributed by atoms with Gasteiger partial charge in [0.15, 0.2) is 0 Å². The zero-order chi connectivity index (χ0) is 16.1. The predicted molar refractivity (Wildman–Crippen MR) is 101 cm³/mol. The Morgan fingerprint density at radius 2 is 1.30 bits per heavy atom. The second-order valence-corrected chi connectivity index (χ2v) is 6.49. The summed E-state index contributed by atoms with van der Waals surface area (Å²) < 4.78 is 0. The van der Waals surface area contributed by atoms with E-state index in [0.29, 0.717) is 0 Å². The molecule has 0 spiro atoms. The van der Waals surface area contributed by atoms with Crippen LogP contribution in [-0.2, 0) is 25.7 Å². The fraction of sp³-hybridized carbons (Fsp3) is 0.304. The Balaban J connectivity index is 1.83. The second kappa shape index (κ2) is 7.46. The van der Waals surface area contributed by atoms with E-state index in [4.69, 9.17) is 0 Å². The molecule has 0 bridgehead atoms. The van der Waals surface area contributed by atoms with Gasteiger partial charge in [0.2, 0.25) is 0 Å². The summed E-state index contributed by atoms with van der Waals surface area (Å²) in [6, 6.07) is 14.1. The summed E-state index contributed by atoms with van der Waals surface area (Å²) >= 11 is 0. The van der Waals surface area contributed by atoms with E-state index < -0.39 is 0 Å². The molecule has 1 aliphatic rings. The number of hydrogen-bond acceptors (Lipinski definition) is 0. The van der Waals surface area contributed by atoms with E-state index in [2.05, 4.69) is 49.6 Å². The van der Waals surface area contributed by atoms with Crippen LogP contribution in [-0.4, -0.2) is 0 Å². The van der Waals surface area contributed by atoms with Gasteiger partial charge < -0.3 is 0 Å². The fourth-order valence-corrected chi connectivity index (χ4v) is 3.53. The maximum absolute atomic E-state index is 3.82. The molecule has 3 rings (SSSR count). The highest BCUT2D eigenvalue weighted by Gasteiger charge is 2.16. The molecule has 2 aromatic rings. The van der Waals surface area contributed by atoms with Crippen molar-refractivity contribution < 1.29 is 0 Å². The van der Waals surface area contributed by atoms with Gasteiger partial charge in [0.1, 0.15) is 0 Å². The third-order valence-corrected chi connectivity index (χ3v) is 4.80. The van der Waals surface area contributed by atoms with Gasteiger partial charge in [0.05, 0.1) is 0 Å². The van der Waals surface area contributed by atoms with Gasteiger partial charge in [0.25, 0.3) is 0 Å². The lowest BCUT2D eigenvalue weighted by Crippen LogP contribution is -2.05. The van der Waals surface area contributed by atoms with Crippen LogP contribution in [0.5, 0.6) is 0 Å². The van der Waals surface area contributed by atoms with E-state index in [-0.39, 0.29) is 0 Å². The summed E-state index contributed by atoms with van der Waals surface area (Å²) in [5.41, 5.74) is 8.82. The molecule has 118 valence electrons. The Hall–Kier alpha value is -2.08. The van der Waals surface area contributed by atoms with E-state index in [9.17, 15) is 0 Å². The molecule has 0 radical (unpaired) electrons. The van der Waals surface area contributed by atoms with Crippen LogP contribution in [0.2, 0.25) is 0 Å². The highest BCUT2D eigenvalue weighted by atomic mass is 14.2. The van der Waals surface area contributed by atoms with Crippen molar-refractivity contribution in [1.82, 2.24) is 0 Å². The van der Waals surface area contributed by atoms with Crippen LogP contribution >= 0.6 is 0 Å². The highest BCUT2D eigenvalue weighted by molar-refractivity contribution is 5.73. The summed E-state index contributed by atoms with van der Waals surface area (Å²) in [6.45, 7) is 7.63. The van der Waals surface area contributed by atoms with Crippen molar-refractivity contribution in [3.8, 4) is 11.1 Å². The number of benzene rings is 2. The smallest absolute Gasteiger partial charge is 0.0149 e. The predicted octanol–water partition coefficient (Wildman–Crippen LogP) is 6.08. The van der Waals surface area contributed by atoms with Crippen LogP contribution in [0.1, 0.15) is 41.5 Å². The molecule has 0 saturated heterocycles. The minimum Gasteiger partial charge on any atom is -0.103 e. The largest absolute Gasteiger partial charge is 0.103 e. The topological polar surface area (TPSA) is 0 Å². The SMILES string of the molecule is C=CCCCc1ccc2c(c1)CCc1cc(CCC=C)ccc1-2. The normalized spacial score (nSPS) is 12.3. The molecule has 0 fully saturated rings. The maximum atomic E-state index is 3.82. The summed E-state index contributed by atoms with van der Waals surface area (Å²) in [7, 11) is 0. The van der Waals surface area contributed by atoms with Gasteiger partial charge in [-0.3, -0.25) is 0 Å². The van der Waals surface area contributed by atoms with Crippen LogP contribution in [0.3, 0.4) is 0 Å². The monoisotopic (exact) mass is 302 g/mol. The Bertz CT molecular complexity index is 706. The second-order valence-electron chi connectivity index (χ2n) is 6.49. The lowest BCUT2D eigenvalue weighted by molar-refractivity contribution is 0.839. The number of fused-ring (bicyclic) bond motifs is 3. The Labute approximate surface area is 140 Å². The minimum atomic E-state index is 1.06. The van der Waals surface area contributed by atoms with Crippen molar-refractivity contribution >= 4 is 0 Å². The Morgan fingerprint density at radius 3 is 1.87 bits per heavy atom. The number of hydrogen-bond donors (Lipinski definition) is 0. The van der Waals surface area contributed by atoms with Crippen molar-refractivity contribution in [2.75, 3.05) is 0 Å². The van der Waals surface area contributed by atoms with Crippen molar-refractivity contribution in [1.29, 1.82) is 0 Å². The fourth-order valence-electron chi connectivity index (χ4n) is 3.53. The van der Waals surface area contributed by atoms with Gasteiger partial charge in [-0.25, -0.2) is 0 Å². The van der Waals surface area contributed by atoms with Crippen LogP contribution in [0.25, 0.3) is 11.1 Å². The third kappa shape index (κ3) is 3.64. The zero-order valence-corrected chi connectivity index (χ0v) is 14.0.